The normalized spacial score (nSPS) is 17.2. The van der Waals surface area contributed by atoms with Gasteiger partial charge in [0.2, 0.25) is 0 Å². The van der Waals surface area contributed by atoms with Gasteiger partial charge >= 0.3 is 0 Å². The van der Waals surface area contributed by atoms with Crippen molar-refractivity contribution in [2.75, 3.05) is 39.8 Å². The van der Waals surface area contributed by atoms with Crippen molar-refractivity contribution >= 4 is 33.2 Å². The Kier molecular flexibility index (Phi) is 8.52. The first-order valence-electron chi connectivity index (χ1n) is 8.72. The van der Waals surface area contributed by atoms with Crippen LogP contribution in [0.3, 0.4) is 0 Å². The number of aliphatic hydroxyl groups is 1. The number of rotatable bonds is 7. The highest BCUT2D eigenvalue weighted by Gasteiger charge is 2.16. The summed E-state index contributed by atoms with van der Waals surface area (Å²) in [6.07, 6.45) is 2.78. The van der Waals surface area contributed by atoms with Gasteiger partial charge in [-0.1, -0.05) is 0 Å². The van der Waals surface area contributed by atoms with Crippen LogP contribution >= 0.6 is 27.3 Å². The van der Waals surface area contributed by atoms with Crippen LogP contribution < -0.4 is 5.32 Å². The van der Waals surface area contributed by atoms with Gasteiger partial charge in [-0.3, -0.25) is 4.99 Å². The molecule has 1 aliphatic rings. The average molecular weight is 417 g/mol. The Labute approximate surface area is 157 Å². The SMILES string of the molecule is CCNC(=NCCCN1CCC(O)CC1)N(C)Cc1ccc(Br)s1. The van der Waals surface area contributed by atoms with Crippen molar-refractivity contribution in [3.8, 4) is 0 Å². The van der Waals surface area contributed by atoms with Crippen LogP contribution in [-0.4, -0.2) is 66.7 Å². The molecule has 0 aromatic carbocycles. The standard InChI is InChI=1S/C17H29BrN4OS/c1-3-19-17(21(2)13-15-5-6-16(18)24-15)20-9-4-10-22-11-7-14(23)8-12-22/h5-6,14,23H,3-4,7-13H2,1-2H3,(H,19,20). The van der Waals surface area contributed by atoms with E-state index in [2.05, 4.69) is 57.2 Å². The van der Waals surface area contributed by atoms with E-state index < -0.39 is 0 Å². The average Bonchev–Trinajstić information content (AvgIpc) is 2.97. The van der Waals surface area contributed by atoms with Crippen molar-refractivity contribution in [2.24, 2.45) is 4.99 Å². The lowest BCUT2D eigenvalue weighted by Gasteiger charge is -2.29. The fourth-order valence-electron chi connectivity index (χ4n) is 2.84. The first kappa shape index (κ1) is 19.7. The molecule has 7 heteroatoms. The van der Waals surface area contributed by atoms with Gasteiger partial charge in [0.25, 0.3) is 0 Å². The zero-order chi connectivity index (χ0) is 17.4. The Morgan fingerprint density at radius 3 is 2.83 bits per heavy atom. The van der Waals surface area contributed by atoms with Gasteiger partial charge in [-0.25, -0.2) is 0 Å². The lowest BCUT2D eigenvalue weighted by molar-refractivity contribution is 0.0824. The number of guanidine groups is 1. The molecule has 0 spiro atoms. The monoisotopic (exact) mass is 416 g/mol. The van der Waals surface area contributed by atoms with Crippen molar-refractivity contribution in [1.29, 1.82) is 0 Å². The van der Waals surface area contributed by atoms with Gasteiger partial charge in [0.1, 0.15) is 0 Å². The summed E-state index contributed by atoms with van der Waals surface area (Å²) in [5.41, 5.74) is 0. The zero-order valence-corrected chi connectivity index (χ0v) is 17.1. The smallest absolute Gasteiger partial charge is 0.193 e. The molecule has 2 heterocycles. The largest absolute Gasteiger partial charge is 0.393 e. The highest BCUT2D eigenvalue weighted by molar-refractivity contribution is 9.11. The van der Waals surface area contributed by atoms with E-state index in [0.29, 0.717) is 0 Å². The van der Waals surface area contributed by atoms with E-state index in [1.54, 1.807) is 11.3 Å². The van der Waals surface area contributed by atoms with Gasteiger partial charge < -0.3 is 20.2 Å². The second-order valence-corrected chi connectivity index (χ2v) is 8.77. The van der Waals surface area contributed by atoms with Crippen LogP contribution in [0.4, 0.5) is 0 Å². The number of aliphatic hydroxyl groups excluding tert-OH is 1. The molecule has 1 aromatic rings. The fourth-order valence-corrected chi connectivity index (χ4v) is 4.37. The second-order valence-electron chi connectivity index (χ2n) is 6.22. The molecule has 0 radical (unpaired) electrons. The maximum atomic E-state index is 9.55. The van der Waals surface area contributed by atoms with Gasteiger partial charge in [0.05, 0.1) is 16.4 Å². The van der Waals surface area contributed by atoms with E-state index in [0.717, 1.165) is 64.5 Å². The Bertz CT molecular complexity index is 514. The van der Waals surface area contributed by atoms with Crippen LogP contribution in [0.5, 0.6) is 0 Å². The van der Waals surface area contributed by atoms with Crippen LogP contribution in [0.2, 0.25) is 0 Å². The lowest BCUT2D eigenvalue weighted by Crippen LogP contribution is -2.39. The summed E-state index contributed by atoms with van der Waals surface area (Å²) in [5.74, 6) is 0.969. The molecule has 0 saturated carbocycles. The number of aliphatic imine (C=N–C) groups is 1. The van der Waals surface area contributed by atoms with Crippen LogP contribution in [0.15, 0.2) is 20.9 Å². The first-order valence-corrected chi connectivity index (χ1v) is 10.3. The third-order valence-corrected chi connectivity index (χ3v) is 5.78. The molecule has 5 nitrogen and oxygen atoms in total. The van der Waals surface area contributed by atoms with Crippen molar-refractivity contribution in [3.05, 3.63) is 20.8 Å². The highest BCUT2D eigenvalue weighted by Crippen LogP contribution is 2.23. The molecule has 24 heavy (non-hydrogen) atoms. The maximum absolute atomic E-state index is 9.55. The summed E-state index contributed by atoms with van der Waals surface area (Å²) in [6, 6.07) is 4.24. The fraction of sp³-hybridized carbons (Fsp3) is 0.706. The molecule has 0 unspecified atom stereocenters. The number of hydrogen-bond donors (Lipinski definition) is 2. The van der Waals surface area contributed by atoms with E-state index in [4.69, 9.17) is 4.99 Å². The number of nitrogens with one attached hydrogen (secondary N) is 1. The molecular formula is C17H29BrN4OS. The predicted molar refractivity (Wildman–Crippen MR) is 106 cm³/mol. The molecule has 0 amide bonds. The third kappa shape index (κ3) is 6.70. The summed E-state index contributed by atoms with van der Waals surface area (Å²) in [7, 11) is 2.08. The number of halogens is 1. The first-order chi connectivity index (χ1) is 11.6. The number of likely N-dealkylation sites (tertiary alicyclic amines) is 1. The summed E-state index contributed by atoms with van der Waals surface area (Å²) in [4.78, 5) is 10.7. The Balaban J connectivity index is 1.77. The van der Waals surface area contributed by atoms with Gasteiger partial charge in [0, 0.05) is 38.1 Å². The molecule has 0 aliphatic carbocycles. The third-order valence-electron chi connectivity index (χ3n) is 4.17. The molecule has 1 aliphatic heterocycles. The van der Waals surface area contributed by atoms with Crippen LogP contribution in [0.1, 0.15) is 31.1 Å². The van der Waals surface area contributed by atoms with E-state index in [1.165, 1.54) is 8.66 Å². The van der Waals surface area contributed by atoms with Gasteiger partial charge in [-0.2, -0.15) is 0 Å². The number of nitrogens with zero attached hydrogens (tertiary/aromatic N) is 3. The van der Waals surface area contributed by atoms with E-state index in [9.17, 15) is 5.11 Å². The Hall–Kier alpha value is -0.630. The molecule has 2 rings (SSSR count). The minimum atomic E-state index is -0.0921. The molecule has 2 N–H and O–H groups in total. The molecule has 1 fully saturated rings. The van der Waals surface area contributed by atoms with Gasteiger partial charge in [-0.15, -0.1) is 11.3 Å². The van der Waals surface area contributed by atoms with E-state index in [1.807, 2.05) is 0 Å². The second kappa shape index (κ2) is 10.4. The summed E-state index contributed by atoms with van der Waals surface area (Å²) in [5, 5.41) is 12.9. The molecule has 136 valence electrons. The zero-order valence-electron chi connectivity index (χ0n) is 14.7. The topological polar surface area (TPSA) is 51.1 Å². The van der Waals surface area contributed by atoms with E-state index in [-0.39, 0.29) is 6.10 Å². The Morgan fingerprint density at radius 1 is 1.46 bits per heavy atom. The minimum Gasteiger partial charge on any atom is -0.393 e. The van der Waals surface area contributed by atoms with Crippen molar-refractivity contribution in [1.82, 2.24) is 15.1 Å². The maximum Gasteiger partial charge on any atom is 0.193 e. The summed E-state index contributed by atoms with van der Waals surface area (Å²) >= 11 is 5.28. The molecular weight excluding hydrogens is 388 g/mol. The van der Waals surface area contributed by atoms with Crippen molar-refractivity contribution in [3.63, 3.8) is 0 Å². The number of thiophene rings is 1. The molecule has 0 atom stereocenters. The summed E-state index contributed by atoms with van der Waals surface area (Å²) < 4.78 is 1.17. The number of piperidine rings is 1. The lowest BCUT2D eigenvalue weighted by atomic mass is 10.1. The quantitative estimate of drug-likeness (QED) is 0.407. The van der Waals surface area contributed by atoms with Crippen LogP contribution in [0.25, 0.3) is 0 Å². The minimum absolute atomic E-state index is 0.0921. The Morgan fingerprint density at radius 2 is 2.21 bits per heavy atom. The molecule has 0 bridgehead atoms. The van der Waals surface area contributed by atoms with E-state index >= 15 is 0 Å². The summed E-state index contributed by atoms with van der Waals surface area (Å²) in [6.45, 7) is 7.77. The van der Waals surface area contributed by atoms with Crippen molar-refractivity contribution < 1.29 is 5.11 Å². The van der Waals surface area contributed by atoms with Crippen molar-refractivity contribution in [2.45, 2.75) is 38.8 Å². The van der Waals surface area contributed by atoms with Crippen LogP contribution in [-0.2, 0) is 6.54 Å². The van der Waals surface area contributed by atoms with Gasteiger partial charge in [0.15, 0.2) is 5.96 Å². The van der Waals surface area contributed by atoms with Crippen LogP contribution in [0, 0.1) is 0 Å². The molecule has 1 saturated heterocycles. The predicted octanol–water partition coefficient (Wildman–Crippen LogP) is 2.75. The van der Waals surface area contributed by atoms with Gasteiger partial charge in [-0.05, 0) is 60.8 Å². The number of hydrogen-bond acceptors (Lipinski definition) is 4. The molecule has 1 aromatic heterocycles. The highest BCUT2D eigenvalue weighted by atomic mass is 79.9.